The highest BCUT2D eigenvalue weighted by Crippen LogP contribution is 2.21. The van der Waals surface area contributed by atoms with Gasteiger partial charge in [0.1, 0.15) is 0 Å². The summed E-state index contributed by atoms with van der Waals surface area (Å²) in [6, 6.07) is 9.98. The molecule has 0 amide bonds. The van der Waals surface area contributed by atoms with Crippen LogP contribution in [0.2, 0.25) is 20.1 Å². The molecule has 2 rings (SSSR count). The Labute approximate surface area is 170 Å². The van der Waals surface area contributed by atoms with Gasteiger partial charge in [-0.1, -0.05) is 46.4 Å². The van der Waals surface area contributed by atoms with Gasteiger partial charge in [-0.05, 0) is 60.4 Å². The maximum Gasteiger partial charge on any atom is 0.355 e. The van der Waals surface area contributed by atoms with Gasteiger partial charge in [0.15, 0.2) is 0 Å². The van der Waals surface area contributed by atoms with Crippen molar-refractivity contribution < 1.29 is 19.4 Å². The number of carbonyl (C=O) groups is 2. The van der Waals surface area contributed by atoms with Crippen LogP contribution in [-0.4, -0.2) is 11.9 Å². The summed E-state index contributed by atoms with van der Waals surface area (Å²) >= 11 is 23.5. The Hall–Kier alpha value is -1.46. The van der Waals surface area contributed by atoms with Gasteiger partial charge in [-0.25, -0.2) is 19.4 Å². The van der Waals surface area contributed by atoms with E-state index in [4.69, 9.17) is 46.4 Å². The first kappa shape index (κ1) is 20.8. The Morgan fingerprint density at radius 3 is 1.23 bits per heavy atom. The van der Waals surface area contributed by atoms with Crippen LogP contribution >= 0.6 is 46.4 Å². The minimum absolute atomic E-state index is 0.0217. The number of benzene rings is 2. The molecule has 2 aromatic rings. The van der Waals surface area contributed by atoms with E-state index in [-0.39, 0.29) is 12.8 Å². The topological polar surface area (TPSA) is 52.6 Å². The molecule has 0 aliphatic carbocycles. The second-order valence-electron chi connectivity index (χ2n) is 5.47. The van der Waals surface area contributed by atoms with Crippen LogP contribution in [0.3, 0.4) is 0 Å². The fourth-order valence-electron chi connectivity index (χ4n) is 2.18. The summed E-state index contributed by atoms with van der Waals surface area (Å²) in [5.41, 5.74) is 1.56. The first-order valence-corrected chi connectivity index (χ1v) is 9.13. The Morgan fingerprint density at radius 1 is 0.615 bits per heavy atom. The average Bonchev–Trinajstić information content (AvgIpc) is 2.54. The van der Waals surface area contributed by atoms with Gasteiger partial charge in [-0.3, -0.25) is 0 Å². The molecule has 0 N–H and O–H groups in total. The molecule has 0 spiro atoms. The fraction of sp³-hybridized carbons (Fsp3) is 0.222. The standard InChI is InChI=1S/C18H14Cl4O4/c19-13-5-11(6-14(20)9-13)1-3-17(23)25-26-18(24)4-2-12-7-15(21)10-16(22)8-12/h5-10H,1-4H2. The van der Waals surface area contributed by atoms with Gasteiger partial charge >= 0.3 is 11.9 Å². The lowest BCUT2D eigenvalue weighted by Gasteiger charge is -2.05. The monoisotopic (exact) mass is 434 g/mol. The SMILES string of the molecule is O=C(CCc1cc(Cl)cc(Cl)c1)OOC(=O)CCc1cc(Cl)cc(Cl)c1. The molecule has 0 atom stereocenters. The maximum atomic E-state index is 11.7. The Morgan fingerprint density at radius 2 is 0.923 bits per heavy atom. The molecule has 0 unspecified atom stereocenters. The lowest BCUT2D eigenvalue weighted by atomic mass is 10.1. The molecule has 0 bridgehead atoms. The zero-order valence-electron chi connectivity index (χ0n) is 13.4. The average molecular weight is 436 g/mol. The van der Waals surface area contributed by atoms with E-state index < -0.39 is 11.9 Å². The molecule has 0 radical (unpaired) electrons. The second kappa shape index (κ2) is 10.0. The molecule has 0 fully saturated rings. The predicted octanol–water partition coefficient (Wildman–Crippen LogP) is 5.87. The normalized spacial score (nSPS) is 10.5. The molecular weight excluding hydrogens is 422 g/mol. The summed E-state index contributed by atoms with van der Waals surface area (Å²) in [5.74, 6) is -1.33. The largest absolute Gasteiger partial charge is 0.355 e. The first-order chi connectivity index (χ1) is 12.3. The number of halogens is 4. The van der Waals surface area contributed by atoms with E-state index in [1.54, 1.807) is 36.4 Å². The lowest BCUT2D eigenvalue weighted by molar-refractivity contribution is -0.259. The van der Waals surface area contributed by atoms with E-state index in [1.807, 2.05) is 0 Å². The summed E-state index contributed by atoms with van der Waals surface area (Å²) in [7, 11) is 0. The van der Waals surface area contributed by atoms with Gasteiger partial charge in [0, 0.05) is 20.1 Å². The van der Waals surface area contributed by atoms with Crippen LogP contribution in [0.5, 0.6) is 0 Å². The van der Waals surface area contributed by atoms with Crippen molar-refractivity contribution in [1.29, 1.82) is 0 Å². The van der Waals surface area contributed by atoms with Gasteiger partial charge in [0.2, 0.25) is 0 Å². The Balaban J connectivity index is 1.71. The van der Waals surface area contributed by atoms with Crippen LogP contribution in [0.4, 0.5) is 0 Å². The van der Waals surface area contributed by atoms with E-state index in [0.29, 0.717) is 32.9 Å². The molecule has 4 nitrogen and oxygen atoms in total. The van der Waals surface area contributed by atoms with Crippen molar-refractivity contribution in [2.45, 2.75) is 25.7 Å². The van der Waals surface area contributed by atoms with Gasteiger partial charge in [0.25, 0.3) is 0 Å². The molecule has 138 valence electrons. The Kier molecular flexibility index (Phi) is 8.04. The minimum Gasteiger partial charge on any atom is -0.247 e. The molecule has 0 heterocycles. The van der Waals surface area contributed by atoms with Crippen molar-refractivity contribution in [3.05, 3.63) is 67.6 Å². The van der Waals surface area contributed by atoms with Crippen LogP contribution < -0.4 is 0 Å². The van der Waals surface area contributed by atoms with Crippen LogP contribution in [0.25, 0.3) is 0 Å². The van der Waals surface area contributed by atoms with Gasteiger partial charge in [-0.15, -0.1) is 0 Å². The summed E-state index contributed by atoms with van der Waals surface area (Å²) < 4.78 is 0. The number of aryl methyl sites for hydroxylation is 2. The number of hydrogen-bond donors (Lipinski definition) is 0. The smallest absolute Gasteiger partial charge is 0.247 e. The van der Waals surface area contributed by atoms with E-state index >= 15 is 0 Å². The molecule has 2 aromatic carbocycles. The molecule has 0 saturated carbocycles. The molecule has 26 heavy (non-hydrogen) atoms. The molecule has 8 heteroatoms. The Bertz CT molecular complexity index is 700. The van der Waals surface area contributed by atoms with Crippen molar-refractivity contribution in [3.63, 3.8) is 0 Å². The number of hydrogen-bond acceptors (Lipinski definition) is 4. The predicted molar refractivity (Wildman–Crippen MR) is 102 cm³/mol. The van der Waals surface area contributed by atoms with E-state index in [2.05, 4.69) is 9.78 Å². The quantitative estimate of drug-likeness (QED) is 0.420. The van der Waals surface area contributed by atoms with Crippen molar-refractivity contribution in [2.75, 3.05) is 0 Å². The highest BCUT2D eigenvalue weighted by atomic mass is 35.5. The van der Waals surface area contributed by atoms with Gasteiger partial charge < -0.3 is 0 Å². The molecule has 0 aromatic heterocycles. The third-order valence-electron chi connectivity index (χ3n) is 3.31. The highest BCUT2D eigenvalue weighted by Gasteiger charge is 2.11. The van der Waals surface area contributed by atoms with Gasteiger partial charge in [0.05, 0.1) is 12.8 Å². The molecule has 0 aliphatic rings. The first-order valence-electron chi connectivity index (χ1n) is 7.62. The van der Waals surface area contributed by atoms with Crippen molar-refractivity contribution in [1.82, 2.24) is 0 Å². The van der Waals surface area contributed by atoms with Crippen LogP contribution in [-0.2, 0) is 32.2 Å². The van der Waals surface area contributed by atoms with Crippen LogP contribution in [0.1, 0.15) is 24.0 Å². The summed E-state index contributed by atoms with van der Waals surface area (Å²) in [5, 5.41) is 1.92. The molecule has 0 saturated heterocycles. The fourth-order valence-corrected chi connectivity index (χ4v) is 3.32. The molecular formula is C18H14Cl4O4. The van der Waals surface area contributed by atoms with Crippen LogP contribution in [0.15, 0.2) is 36.4 Å². The van der Waals surface area contributed by atoms with Crippen molar-refractivity contribution >= 4 is 58.3 Å². The van der Waals surface area contributed by atoms with Gasteiger partial charge in [-0.2, -0.15) is 0 Å². The minimum atomic E-state index is -0.666. The maximum absolute atomic E-state index is 11.7. The van der Waals surface area contributed by atoms with E-state index in [9.17, 15) is 9.59 Å². The zero-order valence-corrected chi connectivity index (χ0v) is 16.5. The number of rotatable bonds is 6. The summed E-state index contributed by atoms with van der Waals surface area (Å²) in [6.07, 6.45) is 0.761. The summed E-state index contributed by atoms with van der Waals surface area (Å²) in [6.45, 7) is 0. The highest BCUT2D eigenvalue weighted by molar-refractivity contribution is 6.35. The number of carbonyl (C=O) groups excluding carboxylic acids is 2. The van der Waals surface area contributed by atoms with Crippen molar-refractivity contribution in [2.24, 2.45) is 0 Å². The van der Waals surface area contributed by atoms with Crippen molar-refractivity contribution in [3.8, 4) is 0 Å². The van der Waals surface area contributed by atoms with E-state index in [1.165, 1.54) is 0 Å². The molecule has 0 aliphatic heterocycles. The van der Waals surface area contributed by atoms with Crippen LogP contribution in [0, 0.1) is 0 Å². The third-order valence-corrected chi connectivity index (χ3v) is 4.18. The zero-order chi connectivity index (χ0) is 19.1. The summed E-state index contributed by atoms with van der Waals surface area (Å²) in [4.78, 5) is 32.3. The van der Waals surface area contributed by atoms with E-state index in [0.717, 1.165) is 11.1 Å². The second-order valence-corrected chi connectivity index (χ2v) is 7.21. The third kappa shape index (κ3) is 7.42. The lowest BCUT2D eigenvalue weighted by Crippen LogP contribution is -2.12.